The molecule has 0 aliphatic rings. The van der Waals surface area contributed by atoms with E-state index in [0.29, 0.717) is 11.4 Å². The molecule has 1 heterocycles. The molecule has 2 N–H and O–H groups in total. The van der Waals surface area contributed by atoms with E-state index in [2.05, 4.69) is 38.6 Å². The molecule has 0 fully saturated rings. The van der Waals surface area contributed by atoms with Crippen molar-refractivity contribution in [2.24, 2.45) is 0 Å². The highest BCUT2D eigenvalue weighted by molar-refractivity contribution is 14.1. The Morgan fingerprint density at radius 1 is 1.32 bits per heavy atom. The van der Waals surface area contributed by atoms with E-state index in [1.165, 1.54) is 0 Å². The van der Waals surface area contributed by atoms with Crippen LogP contribution in [-0.2, 0) is 0 Å². The maximum absolute atomic E-state index is 9.56. The van der Waals surface area contributed by atoms with Gasteiger partial charge in [-0.25, -0.2) is 4.98 Å². The minimum atomic E-state index is 0.232. The summed E-state index contributed by atoms with van der Waals surface area (Å²) in [7, 11) is 0. The van der Waals surface area contributed by atoms with Crippen LogP contribution in [0.2, 0.25) is 0 Å². The standard InChI is InChI=1S/C17H12IN3O/c1-10-2-4-14-15(6-10)21-17(20-14)12(9-19)7-11-3-5-16(22)13(18)8-11/h2-8,22H,1H3,(H,20,21). The fraction of sp³-hybridized carbons (Fsp3) is 0.0588. The Bertz CT molecular complexity index is 935. The first-order valence-electron chi connectivity index (χ1n) is 6.64. The molecule has 0 aliphatic carbocycles. The van der Waals surface area contributed by atoms with Crippen molar-refractivity contribution < 1.29 is 5.11 Å². The number of hydrogen-bond donors (Lipinski definition) is 2. The van der Waals surface area contributed by atoms with E-state index in [1.54, 1.807) is 18.2 Å². The van der Waals surface area contributed by atoms with Gasteiger partial charge in [0.05, 0.1) is 20.2 Å². The number of rotatable bonds is 2. The summed E-state index contributed by atoms with van der Waals surface area (Å²) in [6, 6.07) is 13.3. The predicted octanol–water partition coefficient (Wildman–Crippen LogP) is 4.25. The molecule has 0 spiro atoms. The van der Waals surface area contributed by atoms with Gasteiger partial charge in [-0.1, -0.05) is 12.1 Å². The minimum Gasteiger partial charge on any atom is -0.507 e. The van der Waals surface area contributed by atoms with Crippen LogP contribution in [0.1, 0.15) is 17.0 Å². The average Bonchev–Trinajstić information content (AvgIpc) is 2.91. The zero-order valence-corrected chi connectivity index (χ0v) is 13.9. The predicted molar refractivity (Wildman–Crippen MR) is 95.1 cm³/mol. The van der Waals surface area contributed by atoms with Gasteiger partial charge in [-0.2, -0.15) is 5.26 Å². The molecular weight excluding hydrogens is 389 g/mol. The smallest absolute Gasteiger partial charge is 0.149 e. The van der Waals surface area contributed by atoms with Gasteiger partial charge in [0, 0.05) is 0 Å². The molecule has 2 aromatic carbocycles. The number of allylic oxidation sites excluding steroid dienone is 1. The zero-order valence-electron chi connectivity index (χ0n) is 11.8. The quantitative estimate of drug-likeness (QED) is 0.498. The van der Waals surface area contributed by atoms with Crippen LogP contribution in [0.3, 0.4) is 0 Å². The van der Waals surface area contributed by atoms with Crippen molar-refractivity contribution in [2.45, 2.75) is 6.92 Å². The number of phenols is 1. The van der Waals surface area contributed by atoms with Crippen molar-refractivity contribution in [1.29, 1.82) is 5.26 Å². The monoisotopic (exact) mass is 401 g/mol. The van der Waals surface area contributed by atoms with Gasteiger partial charge >= 0.3 is 0 Å². The SMILES string of the molecule is Cc1ccc2nc(C(C#N)=Cc3ccc(O)c(I)c3)[nH]c2c1. The van der Waals surface area contributed by atoms with E-state index in [9.17, 15) is 10.4 Å². The van der Waals surface area contributed by atoms with Gasteiger partial charge in [0.15, 0.2) is 0 Å². The first kappa shape index (κ1) is 14.6. The van der Waals surface area contributed by atoms with Crippen molar-refractivity contribution in [3.8, 4) is 11.8 Å². The highest BCUT2D eigenvalue weighted by Gasteiger charge is 2.08. The van der Waals surface area contributed by atoms with Crippen molar-refractivity contribution in [3.05, 3.63) is 56.9 Å². The van der Waals surface area contributed by atoms with Gasteiger partial charge < -0.3 is 10.1 Å². The number of imidazole rings is 1. The van der Waals surface area contributed by atoms with Crippen LogP contribution < -0.4 is 0 Å². The summed E-state index contributed by atoms with van der Waals surface area (Å²) in [6.07, 6.45) is 1.76. The van der Waals surface area contributed by atoms with E-state index in [1.807, 2.05) is 31.2 Å². The number of H-pyrrole nitrogens is 1. The maximum atomic E-state index is 9.56. The number of aryl methyl sites for hydroxylation is 1. The molecule has 3 aromatic rings. The molecule has 0 bridgehead atoms. The fourth-order valence-electron chi connectivity index (χ4n) is 2.18. The molecule has 1 aromatic heterocycles. The van der Waals surface area contributed by atoms with Gasteiger partial charge in [-0.05, 0) is 71.0 Å². The maximum Gasteiger partial charge on any atom is 0.149 e. The van der Waals surface area contributed by atoms with Crippen molar-refractivity contribution >= 4 is 45.3 Å². The lowest BCUT2D eigenvalue weighted by Crippen LogP contribution is -1.85. The molecule has 3 rings (SSSR count). The van der Waals surface area contributed by atoms with E-state index < -0.39 is 0 Å². The van der Waals surface area contributed by atoms with Crippen LogP contribution in [0.4, 0.5) is 0 Å². The Morgan fingerprint density at radius 2 is 2.14 bits per heavy atom. The van der Waals surface area contributed by atoms with Gasteiger partial charge in [0.2, 0.25) is 0 Å². The largest absolute Gasteiger partial charge is 0.507 e. The fourth-order valence-corrected chi connectivity index (χ4v) is 2.72. The van der Waals surface area contributed by atoms with E-state index in [-0.39, 0.29) is 5.75 Å². The number of aromatic hydroxyl groups is 1. The highest BCUT2D eigenvalue weighted by Crippen LogP contribution is 2.24. The second-order valence-electron chi connectivity index (χ2n) is 4.99. The lowest BCUT2D eigenvalue weighted by Gasteiger charge is -1.99. The second kappa shape index (κ2) is 5.81. The highest BCUT2D eigenvalue weighted by atomic mass is 127. The van der Waals surface area contributed by atoms with E-state index in [4.69, 9.17) is 0 Å². The number of nitrogens with zero attached hydrogens (tertiary/aromatic N) is 2. The number of phenolic OH excluding ortho intramolecular Hbond substituents is 1. The van der Waals surface area contributed by atoms with E-state index >= 15 is 0 Å². The molecule has 0 unspecified atom stereocenters. The van der Waals surface area contributed by atoms with E-state index in [0.717, 1.165) is 25.7 Å². The van der Waals surface area contributed by atoms with Crippen LogP contribution in [0.15, 0.2) is 36.4 Å². The number of nitrogens with one attached hydrogen (secondary N) is 1. The summed E-state index contributed by atoms with van der Waals surface area (Å²) < 4.78 is 0.740. The number of benzene rings is 2. The third-order valence-electron chi connectivity index (χ3n) is 3.30. The van der Waals surface area contributed by atoms with Gasteiger partial charge in [-0.15, -0.1) is 0 Å². The number of fused-ring (bicyclic) bond motifs is 1. The van der Waals surface area contributed by atoms with Crippen LogP contribution in [0, 0.1) is 21.8 Å². The molecule has 0 atom stereocenters. The Kier molecular flexibility index (Phi) is 3.86. The molecular formula is C17H12IN3O. The molecule has 22 heavy (non-hydrogen) atoms. The summed E-state index contributed by atoms with van der Waals surface area (Å²) >= 11 is 2.05. The Balaban J connectivity index is 2.07. The lowest BCUT2D eigenvalue weighted by molar-refractivity contribution is 0.471. The minimum absolute atomic E-state index is 0.232. The van der Waals surface area contributed by atoms with Crippen LogP contribution in [-0.4, -0.2) is 15.1 Å². The average molecular weight is 401 g/mol. The number of hydrogen-bond acceptors (Lipinski definition) is 3. The second-order valence-corrected chi connectivity index (χ2v) is 6.15. The summed E-state index contributed by atoms with van der Waals surface area (Å²) in [5.41, 5.74) is 4.18. The third kappa shape index (κ3) is 2.83. The van der Waals surface area contributed by atoms with Gasteiger partial charge in [0.1, 0.15) is 17.6 Å². The third-order valence-corrected chi connectivity index (χ3v) is 4.16. The van der Waals surface area contributed by atoms with Crippen LogP contribution in [0.25, 0.3) is 22.7 Å². The molecule has 4 nitrogen and oxygen atoms in total. The normalized spacial score (nSPS) is 11.6. The molecule has 5 heteroatoms. The Labute approximate surface area is 141 Å². The Morgan fingerprint density at radius 3 is 2.86 bits per heavy atom. The first-order chi connectivity index (χ1) is 10.6. The molecule has 0 saturated heterocycles. The lowest BCUT2D eigenvalue weighted by atomic mass is 10.1. The number of aromatic amines is 1. The molecule has 0 aliphatic heterocycles. The first-order valence-corrected chi connectivity index (χ1v) is 7.72. The summed E-state index contributed by atoms with van der Waals surface area (Å²) in [6.45, 7) is 2.01. The topological polar surface area (TPSA) is 72.7 Å². The molecule has 0 saturated carbocycles. The summed E-state index contributed by atoms with van der Waals surface area (Å²) in [5.74, 6) is 0.779. The van der Waals surface area contributed by atoms with Gasteiger partial charge in [-0.3, -0.25) is 0 Å². The zero-order chi connectivity index (χ0) is 15.7. The van der Waals surface area contributed by atoms with Crippen molar-refractivity contribution in [3.63, 3.8) is 0 Å². The number of aromatic nitrogens is 2. The van der Waals surface area contributed by atoms with Crippen LogP contribution in [0.5, 0.6) is 5.75 Å². The molecule has 0 radical (unpaired) electrons. The summed E-state index contributed by atoms with van der Waals surface area (Å²) in [4.78, 5) is 7.64. The molecule has 108 valence electrons. The molecule has 0 amide bonds. The number of halogens is 1. The van der Waals surface area contributed by atoms with Gasteiger partial charge in [0.25, 0.3) is 0 Å². The van der Waals surface area contributed by atoms with Crippen molar-refractivity contribution in [2.75, 3.05) is 0 Å². The summed E-state index contributed by atoms with van der Waals surface area (Å²) in [5, 5.41) is 19.0. The number of nitriles is 1. The Hall–Kier alpha value is -2.33. The van der Waals surface area contributed by atoms with Crippen molar-refractivity contribution in [1.82, 2.24) is 9.97 Å². The van der Waals surface area contributed by atoms with Crippen LogP contribution >= 0.6 is 22.6 Å².